The number of carbonyl (C=O) groups excluding carboxylic acids is 1. The van der Waals surface area contributed by atoms with Crippen molar-refractivity contribution < 1.29 is 35.9 Å². The molecule has 30 heavy (non-hydrogen) atoms. The molecule has 3 rings (SSSR count). The van der Waals surface area contributed by atoms with Gasteiger partial charge in [0, 0.05) is 5.69 Å². The van der Waals surface area contributed by atoms with E-state index < -0.39 is 35.5 Å². The van der Waals surface area contributed by atoms with Crippen LogP contribution in [0.15, 0.2) is 54.7 Å². The number of ether oxygens (including phenoxy) is 1. The first-order valence-electron chi connectivity index (χ1n) is 8.33. The highest BCUT2D eigenvalue weighted by atomic mass is 19.4. The van der Waals surface area contributed by atoms with Gasteiger partial charge in [0.05, 0.1) is 17.4 Å². The van der Waals surface area contributed by atoms with Crippen LogP contribution in [-0.4, -0.2) is 22.1 Å². The molecule has 0 radical (unpaired) electrons. The number of rotatable bonds is 4. The molecule has 0 aliphatic rings. The zero-order chi connectivity index (χ0) is 22.1. The zero-order valence-corrected chi connectivity index (χ0v) is 15.2. The second kappa shape index (κ2) is 7.73. The summed E-state index contributed by atoms with van der Waals surface area (Å²) in [6.45, 7) is 1.69. The largest absolute Gasteiger partial charge is 0.573 e. The van der Waals surface area contributed by atoms with E-state index >= 15 is 0 Å². The fraction of sp³-hybridized carbons (Fsp3) is 0.158. The van der Waals surface area contributed by atoms with Gasteiger partial charge < -0.3 is 10.1 Å². The van der Waals surface area contributed by atoms with Crippen molar-refractivity contribution in [3.63, 3.8) is 0 Å². The molecule has 0 spiro atoms. The molecule has 1 aromatic heterocycles. The Bertz CT molecular complexity index is 1060. The molecule has 5 nitrogen and oxygen atoms in total. The number of aromatic nitrogens is 2. The Morgan fingerprint density at radius 1 is 1.03 bits per heavy atom. The molecule has 0 bridgehead atoms. The van der Waals surface area contributed by atoms with Gasteiger partial charge in [0.2, 0.25) is 0 Å². The number of amides is 1. The van der Waals surface area contributed by atoms with Crippen molar-refractivity contribution in [1.82, 2.24) is 9.78 Å². The van der Waals surface area contributed by atoms with Crippen molar-refractivity contribution in [1.29, 1.82) is 0 Å². The first-order chi connectivity index (χ1) is 13.9. The molecule has 158 valence electrons. The average molecular weight is 429 g/mol. The molecular formula is C19H13F6N3O2. The Morgan fingerprint density at radius 2 is 1.70 bits per heavy atom. The molecule has 0 saturated carbocycles. The van der Waals surface area contributed by atoms with E-state index in [0.29, 0.717) is 10.2 Å². The highest BCUT2D eigenvalue weighted by Crippen LogP contribution is 2.34. The van der Waals surface area contributed by atoms with E-state index in [4.69, 9.17) is 0 Å². The van der Waals surface area contributed by atoms with Gasteiger partial charge in [-0.1, -0.05) is 12.1 Å². The molecule has 1 heterocycles. The number of carbonyl (C=O) groups is 1. The van der Waals surface area contributed by atoms with Crippen LogP contribution in [-0.2, 0) is 6.18 Å². The van der Waals surface area contributed by atoms with Gasteiger partial charge >= 0.3 is 12.5 Å². The third kappa shape index (κ3) is 4.91. The minimum Gasteiger partial charge on any atom is -0.406 e. The van der Waals surface area contributed by atoms with Gasteiger partial charge in [-0.3, -0.25) is 4.79 Å². The summed E-state index contributed by atoms with van der Waals surface area (Å²) in [6.07, 6.45) is -9.00. The molecule has 1 N–H and O–H groups in total. The lowest BCUT2D eigenvalue weighted by molar-refractivity contribution is -0.274. The van der Waals surface area contributed by atoms with E-state index in [1.54, 1.807) is 19.1 Å². The van der Waals surface area contributed by atoms with Crippen molar-refractivity contribution in [2.24, 2.45) is 0 Å². The van der Waals surface area contributed by atoms with Gasteiger partial charge in [0.15, 0.2) is 5.69 Å². The minimum atomic E-state index is -4.89. The fourth-order valence-electron chi connectivity index (χ4n) is 2.68. The van der Waals surface area contributed by atoms with Crippen LogP contribution in [0.5, 0.6) is 5.75 Å². The number of halogens is 6. The Labute approximate surface area is 165 Å². The van der Waals surface area contributed by atoms with Gasteiger partial charge in [-0.25, -0.2) is 4.68 Å². The predicted molar refractivity (Wildman–Crippen MR) is 94.4 cm³/mol. The quantitative estimate of drug-likeness (QED) is 0.569. The number of hydrogen-bond acceptors (Lipinski definition) is 3. The number of benzene rings is 2. The summed E-state index contributed by atoms with van der Waals surface area (Å²) in [5, 5.41) is 5.91. The third-order valence-electron chi connectivity index (χ3n) is 3.87. The van der Waals surface area contributed by atoms with Gasteiger partial charge in [0.1, 0.15) is 5.75 Å². The monoisotopic (exact) mass is 429 g/mol. The lowest BCUT2D eigenvalue weighted by Crippen LogP contribution is -2.21. The summed E-state index contributed by atoms with van der Waals surface area (Å²) in [6, 6.07) is 10.1. The van der Waals surface area contributed by atoms with Crippen LogP contribution < -0.4 is 10.1 Å². The summed E-state index contributed by atoms with van der Waals surface area (Å²) < 4.78 is 81.9. The van der Waals surface area contributed by atoms with Crippen molar-refractivity contribution in [3.05, 3.63) is 71.5 Å². The lowest BCUT2D eigenvalue weighted by Gasteiger charge is -2.13. The normalized spacial score (nSPS) is 12.0. The van der Waals surface area contributed by atoms with Crippen LogP contribution in [0.4, 0.5) is 32.0 Å². The van der Waals surface area contributed by atoms with Crippen molar-refractivity contribution in [2.45, 2.75) is 19.5 Å². The average Bonchev–Trinajstić information content (AvgIpc) is 3.08. The van der Waals surface area contributed by atoms with Crippen molar-refractivity contribution in [2.75, 3.05) is 5.32 Å². The maximum Gasteiger partial charge on any atom is 0.573 e. The van der Waals surface area contributed by atoms with E-state index in [9.17, 15) is 31.1 Å². The van der Waals surface area contributed by atoms with Crippen LogP contribution in [0.2, 0.25) is 0 Å². The van der Waals surface area contributed by atoms with Gasteiger partial charge in [-0.15, -0.1) is 13.2 Å². The van der Waals surface area contributed by atoms with E-state index in [-0.39, 0.29) is 11.4 Å². The molecule has 0 fully saturated rings. The standard InChI is InChI=1S/C19H13F6N3O2/c1-11-3-2-4-13(9-11)28-16(18(20,21)22)15(10-26-28)17(29)27-12-5-7-14(8-6-12)30-19(23,24)25/h2-10H,1H3,(H,27,29). The Kier molecular flexibility index (Phi) is 5.47. The van der Waals surface area contributed by atoms with Crippen LogP contribution >= 0.6 is 0 Å². The number of aryl methyl sites for hydroxylation is 1. The highest BCUT2D eigenvalue weighted by molar-refractivity contribution is 6.05. The first kappa shape index (κ1) is 21.2. The molecule has 11 heteroatoms. The summed E-state index contributed by atoms with van der Waals surface area (Å²) in [5.41, 5.74) is -1.22. The topological polar surface area (TPSA) is 56.2 Å². The molecule has 0 aliphatic heterocycles. The SMILES string of the molecule is Cc1cccc(-n2ncc(C(=O)Nc3ccc(OC(F)(F)F)cc3)c2C(F)(F)F)c1. The van der Waals surface area contributed by atoms with Crippen LogP contribution in [0.3, 0.4) is 0 Å². The summed E-state index contributed by atoms with van der Waals surface area (Å²) in [5.74, 6) is -1.66. The third-order valence-corrected chi connectivity index (χ3v) is 3.87. The second-order valence-electron chi connectivity index (χ2n) is 6.18. The molecule has 2 aromatic carbocycles. The van der Waals surface area contributed by atoms with Crippen molar-refractivity contribution >= 4 is 11.6 Å². The molecule has 1 amide bonds. The highest BCUT2D eigenvalue weighted by Gasteiger charge is 2.40. The number of nitrogens with zero attached hydrogens (tertiary/aromatic N) is 2. The Hall–Kier alpha value is -3.50. The minimum absolute atomic E-state index is 0.0223. The smallest absolute Gasteiger partial charge is 0.406 e. The first-order valence-corrected chi connectivity index (χ1v) is 8.33. The molecule has 3 aromatic rings. The summed E-state index contributed by atoms with van der Waals surface area (Å²) >= 11 is 0. The van der Waals surface area contributed by atoms with Gasteiger partial charge in [0.25, 0.3) is 5.91 Å². The maximum absolute atomic E-state index is 13.7. The summed E-state index contributed by atoms with van der Waals surface area (Å²) in [7, 11) is 0. The van der Waals surface area contributed by atoms with Gasteiger partial charge in [-0.05, 0) is 48.9 Å². The molecular weight excluding hydrogens is 416 g/mol. The number of hydrogen-bond donors (Lipinski definition) is 1. The number of anilines is 1. The molecule has 0 unspecified atom stereocenters. The lowest BCUT2D eigenvalue weighted by atomic mass is 10.2. The second-order valence-corrected chi connectivity index (χ2v) is 6.18. The Morgan fingerprint density at radius 3 is 2.27 bits per heavy atom. The van der Waals surface area contributed by atoms with E-state index in [1.807, 2.05) is 0 Å². The molecule has 0 saturated heterocycles. The van der Waals surface area contributed by atoms with E-state index in [0.717, 1.165) is 30.5 Å². The maximum atomic E-state index is 13.7. The number of nitrogens with one attached hydrogen (secondary N) is 1. The van der Waals surface area contributed by atoms with Crippen LogP contribution in [0.25, 0.3) is 5.69 Å². The molecule has 0 aliphatic carbocycles. The summed E-state index contributed by atoms with van der Waals surface area (Å²) in [4.78, 5) is 12.4. The van der Waals surface area contributed by atoms with Crippen LogP contribution in [0, 0.1) is 6.92 Å². The van der Waals surface area contributed by atoms with Gasteiger partial charge in [-0.2, -0.15) is 18.3 Å². The zero-order valence-electron chi connectivity index (χ0n) is 15.2. The fourth-order valence-corrected chi connectivity index (χ4v) is 2.68. The van der Waals surface area contributed by atoms with Crippen molar-refractivity contribution in [3.8, 4) is 11.4 Å². The van der Waals surface area contributed by atoms with Crippen LogP contribution in [0.1, 0.15) is 21.6 Å². The predicted octanol–water partition coefficient (Wildman–Crippen LogP) is 5.35. The number of alkyl halides is 6. The Balaban J connectivity index is 1.89. The van der Waals surface area contributed by atoms with E-state index in [1.165, 1.54) is 12.1 Å². The molecule has 0 atom stereocenters. The van der Waals surface area contributed by atoms with E-state index in [2.05, 4.69) is 15.2 Å².